The number of aryl methyl sites for hydroxylation is 1. The first kappa shape index (κ1) is 15.0. The van der Waals surface area contributed by atoms with E-state index in [0.717, 1.165) is 43.2 Å². The van der Waals surface area contributed by atoms with Crippen molar-refractivity contribution in [2.75, 3.05) is 18.5 Å². The number of hydrogen-bond donors (Lipinski definition) is 2. The third-order valence-electron chi connectivity index (χ3n) is 4.52. The van der Waals surface area contributed by atoms with Crippen LogP contribution in [0.2, 0.25) is 0 Å². The Hall–Kier alpha value is -2.60. The molecule has 1 aliphatic rings. The number of benzene rings is 1. The van der Waals surface area contributed by atoms with Gasteiger partial charge in [0.2, 0.25) is 0 Å². The second-order valence-electron chi connectivity index (χ2n) is 6.19. The molecule has 1 aromatic carbocycles. The molecule has 1 saturated heterocycles. The van der Waals surface area contributed by atoms with E-state index >= 15 is 0 Å². The van der Waals surface area contributed by atoms with Crippen LogP contribution in [-0.2, 0) is 4.74 Å². The highest BCUT2D eigenvalue weighted by atomic mass is 16.5. The standard InChI is InChI=1S/C18H21N5O/c1-13-2-3-15(10-17(13)23-7-6-19-12-23)20-18-11-16(21-22-18)14-4-8-24-9-5-14/h2-3,6-7,10-12,14H,4-5,8-9H2,1H3,(H2,20,21,22). The summed E-state index contributed by atoms with van der Waals surface area (Å²) in [7, 11) is 0. The third-order valence-corrected chi connectivity index (χ3v) is 4.52. The Bertz CT molecular complexity index is 803. The van der Waals surface area contributed by atoms with Gasteiger partial charge in [0.1, 0.15) is 0 Å². The van der Waals surface area contributed by atoms with Crippen molar-refractivity contribution in [2.24, 2.45) is 0 Å². The molecule has 4 rings (SSSR count). The summed E-state index contributed by atoms with van der Waals surface area (Å²) in [6, 6.07) is 8.38. The molecule has 0 amide bonds. The maximum atomic E-state index is 5.43. The quantitative estimate of drug-likeness (QED) is 0.770. The second-order valence-corrected chi connectivity index (χ2v) is 6.19. The molecule has 6 nitrogen and oxygen atoms in total. The van der Waals surface area contributed by atoms with Gasteiger partial charge in [-0.15, -0.1) is 0 Å². The number of aromatic amines is 1. The minimum atomic E-state index is 0.515. The van der Waals surface area contributed by atoms with E-state index in [9.17, 15) is 0 Å². The number of nitrogens with zero attached hydrogens (tertiary/aromatic N) is 3. The summed E-state index contributed by atoms with van der Waals surface area (Å²) in [5.41, 5.74) is 4.50. The largest absolute Gasteiger partial charge is 0.381 e. The molecule has 6 heteroatoms. The van der Waals surface area contributed by atoms with Crippen LogP contribution in [0, 0.1) is 6.92 Å². The van der Waals surface area contributed by atoms with E-state index in [2.05, 4.69) is 51.7 Å². The lowest BCUT2D eigenvalue weighted by Gasteiger charge is -2.20. The Kier molecular flexibility index (Phi) is 4.04. The van der Waals surface area contributed by atoms with Crippen LogP contribution in [0.1, 0.15) is 30.0 Å². The molecule has 3 heterocycles. The minimum Gasteiger partial charge on any atom is -0.381 e. The van der Waals surface area contributed by atoms with Crippen molar-refractivity contribution in [2.45, 2.75) is 25.7 Å². The fraction of sp³-hybridized carbons (Fsp3) is 0.333. The average Bonchev–Trinajstić information content (AvgIpc) is 3.29. The molecule has 2 aromatic heterocycles. The molecule has 1 aliphatic heterocycles. The number of rotatable bonds is 4. The maximum absolute atomic E-state index is 5.43. The smallest absolute Gasteiger partial charge is 0.152 e. The monoisotopic (exact) mass is 323 g/mol. The highest BCUT2D eigenvalue weighted by molar-refractivity contribution is 5.61. The Morgan fingerprint density at radius 3 is 2.92 bits per heavy atom. The van der Waals surface area contributed by atoms with Crippen LogP contribution in [0.15, 0.2) is 43.0 Å². The highest BCUT2D eigenvalue weighted by Gasteiger charge is 2.18. The number of nitrogens with one attached hydrogen (secondary N) is 2. The van der Waals surface area contributed by atoms with E-state index in [1.54, 1.807) is 6.20 Å². The van der Waals surface area contributed by atoms with Gasteiger partial charge in [0.05, 0.1) is 12.0 Å². The van der Waals surface area contributed by atoms with E-state index in [0.29, 0.717) is 5.92 Å². The molecule has 0 aliphatic carbocycles. The van der Waals surface area contributed by atoms with Crippen molar-refractivity contribution in [3.8, 4) is 5.69 Å². The van der Waals surface area contributed by atoms with Crippen LogP contribution in [0.5, 0.6) is 0 Å². The molecule has 3 aromatic rings. The Balaban J connectivity index is 1.53. The van der Waals surface area contributed by atoms with Gasteiger partial charge in [0.25, 0.3) is 0 Å². The Labute approximate surface area is 140 Å². The first-order valence-corrected chi connectivity index (χ1v) is 8.28. The van der Waals surface area contributed by atoms with Gasteiger partial charge in [-0.3, -0.25) is 5.10 Å². The summed E-state index contributed by atoms with van der Waals surface area (Å²) in [4.78, 5) is 4.12. The zero-order chi connectivity index (χ0) is 16.4. The van der Waals surface area contributed by atoms with Crippen molar-refractivity contribution in [3.63, 3.8) is 0 Å². The van der Waals surface area contributed by atoms with Crippen molar-refractivity contribution in [1.82, 2.24) is 19.7 Å². The lowest BCUT2D eigenvalue weighted by molar-refractivity contribution is 0.0845. The van der Waals surface area contributed by atoms with Crippen molar-refractivity contribution >= 4 is 11.5 Å². The summed E-state index contributed by atoms with van der Waals surface area (Å²) in [6.07, 6.45) is 7.65. The molecule has 2 N–H and O–H groups in total. The summed E-state index contributed by atoms with van der Waals surface area (Å²) < 4.78 is 7.44. The molecular formula is C18H21N5O. The SMILES string of the molecule is Cc1ccc(Nc2cc(C3CCOCC3)[nH]n2)cc1-n1ccnc1. The topological polar surface area (TPSA) is 67.8 Å². The summed E-state index contributed by atoms with van der Waals surface area (Å²) in [5.74, 6) is 1.36. The number of H-pyrrole nitrogens is 1. The average molecular weight is 323 g/mol. The number of imidazole rings is 1. The summed E-state index contributed by atoms with van der Waals surface area (Å²) in [5, 5.41) is 11.0. The van der Waals surface area contributed by atoms with Crippen LogP contribution >= 0.6 is 0 Å². The molecule has 0 unspecified atom stereocenters. The van der Waals surface area contributed by atoms with Gasteiger partial charge in [-0.1, -0.05) is 6.07 Å². The normalized spacial score (nSPS) is 15.5. The van der Waals surface area contributed by atoms with E-state index in [1.807, 2.05) is 17.1 Å². The van der Waals surface area contributed by atoms with E-state index in [-0.39, 0.29) is 0 Å². The van der Waals surface area contributed by atoms with Crippen LogP contribution < -0.4 is 5.32 Å². The van der Waals surface area contributed by atoms with Gasteiger partial charge >= 0.3 is 0 Å². The van der Waals surface area contributed by atoms with Gasteiger partial charge < -0.3 is 14.6 Å². The predicted octanol–water partition coefficient (Wildman–Crippen LogP) is 3.54. The second kappa shape index (κ2) is 6.49. The fourth-order valence-electron chi connectivity index (χ4n) is 3.13. The Morgan fingerprint density at radius 1 is 1.25 bits per heavy atom. The van der Waals surface area contributed by atoms with Crippen molar-refractivity contribution in [1.29, 1.82) is 0 Å². The molecule has 0 atom stereocenters. The van der Waals surface area contributed by atoms with Crippen molar-refractivity contribution < 1.29 is 4.74 Å². The predicted molar refractivity (Wildman–Crippen MR) is 93.0 cm³/mol. The molecule has 0 spiro atoms. The minimum absolute atomic E-state index is 0.515. The molecule has 24 heavy (non-hydrogen) atoms. The lowest BCUT2D eigenvalue weighted by Crippen LogP contribution is -2.14. The highest BCUT2D eigenvalue weighted by Crippen LogP contribution is 2.28. The Morgan fingerprint density at radius 2 is 2.12 bits per heavy atom. The van der Waals surface area contributed by atoms with Crippen molar-refractivity contribution in [3.05, 3.63) is 54.2 Å². The molecule has 0 saturated carbocycles. The molecule has 0 bridgehead atoms. The van der Waals surface area contributed by atoms with Gasteiger partial charge in [-0.25, -0.2) is 4.98 Å². The zero-order valence-electron chi connectivity index (χ0n) is 13.7. The van der Waals surface area contributed by atoms with Gasteiger partial charge in [-0.2, -0.15) is 5.10 Å². The summed E-state index contributed by atoms with van der Waals surface area (Å²) >= 11 is 0. The van der Waals surface area contributed by atoms with Crippen LogP contribution in [0.4, 0.5) is 11.5 Å². The van der Waals surface area contributed by atoms with Gasteiger partial charge in [0, 0.05) is 49.0 Å². The lowest BCUT2D eigenvalue weighted by atomic mass is 9.97. The van der Waals surface area contributed by atoms with Crippen LogP contribution in [0.3, 0.4) is 0 Å². The zero-order valence-corrected chi connectivity index (χ0v) is 13.7. The van der Waals surface area contributed by atoms with E-state index < -0.39 is 0 Å². The third kappa shape index (κ3) is 3.05. The van der Waals surface area contributed by atoms with Gasteiger partial charge in [-0.05, 0) is 37.5 Å². The number of aromatic nitrogens is 4. The van der Waals surface area contributed by atoms with Crippen LogP contribution in [0.25, 0.3) is 5.69 Å². The molecule has 1 fully saturated rings. The van der Waals surface area contributed by atoms with E-state index in [1.165, 1.54) is 11.3 Å². The number of hydrogen-bond acceptors (Lipinski definition) is 4. The van der Waals surface area contributed by atoms with Gasteiger partial charge in [0.15, 0.2) is 5.82 Å². The maximum Gasteiger partial charge on any atom is 0.152 e. The summed E-state index contributed by atoms with van der Waals surface area (Å²) in [6.45, 7) is 3.76. The number of ether oxygens (including phenoxy) is 1. The number of anilines is 2. The first-order valence-electron chi connectivity index (χ1n) is 8.28. The van der Waals surface area contributed by atoms with Crippen LogP contribution in [-0.4, -0.2) is 33.0 Å². The molecule has 124 valence electrons. The first-order chi connectivity index (χ1) is 11.8. The molecule has 0 radical (unpaired) electrons. The molecular weight excluding hydrogens is 302 g/mol. The fourth-order valence-corrected chi connectivity index (χ4v) is 3.13. The van der Waals surface area contributed by atoms with E-state index in [4.69, 9.17) is 4.74 Å².